The van der Waals surface area contributed by atoms with Crippen LogP contribution in [0.3, 0.4) is 0 Å². The third-order valence-electron chi connectivity index (χ3n) is 4.72. The Kier molecular flexibility index (Phi) is 6.75. The maximum atomic E-state index is 5.85. The average molecular weight is 304 g/mol. The third kappa shape index (κ3) is 6.00. The molecule has 0 saturated carbocycles. The summed E-state index contributed by atoms with van der Waals surface area (Å²) in [5, 5.41) is 0. The van der Waals surface area contributed by atoms with Gasteiger partial charge in [0, 0.05) is 12.8 Å². The fourth-order valence-electron chi connectivity index (χ4n) is 3.20. The third-order valence-corrected chi connectivity index (χ3v) is 4.72. The van der Waals surface area contributed by atoms with Gasteiger partial charge < -0.3 is 9.64 Å². The van der Waals surface area contributed by atoms with Gasteiger partial charge in [0.15, 0.2) is 0 Å². The minimum atomic E-state index is 0.218. The standard InChI is InChI=1S/C20H33NO/c1-20(2,3)18-10-12-19(13-11-18)22-17-9-5-4-6-14-21-15-7-8-16-21/h10-13H,4-9,14-17H2,1-3H3/p+1. The minimum absolute atomic E-state index is 0.218. The van der Waals surface area contributed by atoms with Crippen LogP contribution in [0, 0.1) is 0 Å². The van der Waals surface area contributed by atoms with Crippen molar-refractivity contribution >= 4 is 0 Å². The molecule has 1 N–H and O–H groups in total. The Morgan fingerprint density at radius 2 is 1.55 bits per heavy atom. The Morgan fingerprint density at radius 1 is 0.909 bits per heavy atom. The number of quaternary nitrogens is 1. The highest BCUT2D eigenvalue weighted by atomic mass is 16.5. The van der Waals surface area contributed by atoms with E-state index in [9.17, 15) is 0 Å². The maximum Gasteiger partial charge on any atom is 0.119 e. The Hall–Kier alpha value is -1.02. The summed E-state index contributed by atoms with van der Waals surface area (Å²) in [6.45, 7) is 11.8. The molecule has 0 unspecified atom stereocenters. The first-order chi connectivity index (χ1) is 10.6. The monoisotopic (exact) mass is 304 g/mol. The number of hydrogen-bond donors (Lipinski definition) is 1. The fourth-order valence-corrected chi connectivity index (χ4v) is 3.20. The first-order valence-electron chi connectivity index (χ1n) is 9.12. The summed E-state index contributed by atoms with van der Waals surface area (Å²) in [5.41, 5.74) is 1.58. The van der Waals surface area contributed by atoms with Crippen molar-refractivity contribution < 1.29 is 9.64 Å². The summed E-state index contributed by atoms with van der Waals surface area (Å²) in [4.78, 5) is 1.83. The Morgan fingerprint density at radius 3 is 2.18 bits per heavy atom. The van der Waals surface area contributed by atoms with Gasteiger partial charge >= 0.3 is 0 Å². The zero-order valence-electron chi connectivity index (χ0n) is 14.8. The number of rotatable bonds is 8. The SMILES string of the molecule is CC(C)(C)c1ccc(OCCCCCC[NH+]2CCCC2)cc1. The lowest BCUT2D eigenvalue weighted by Gasteiger charge is -2.19. The molecule has 1 heterocycles. The van der Waals surface area contributed by atoms with Crippen molar-refractivity contribution in [3.63, 3.8) is 0 Å². The predicted molar refractivity (Wildman–Crippen MR) is 93.9 cm³/mol. The van der Waals surface area contributed by atoms with Crippen molar-refractivity contribution in [1.82, 2.24) is 0 Å². The molecule has 2 heteroatoms. The molecule has 124 valence electrons. The molecule has 1 aliphatic rings. The molecule has 1 aliphatic heterocycles. The topological polar surface area (TPSA) is 13.7 Å². The van der Waals surface area contributed by atoms with Crippen LogP contribution in [0.5, 0.6) is 5.75 Å². The Bertz CT molecular complexity index is 412. The van der Waals surface area contributed by atoms with E-state index in [1.165, 1.54) is 63.7 Å². The van der Waals surface area contributed by atoms with Crippen molar-refractivity contribution in [2.24, 2.45) is 0 Å². The highest BCUT2D eigenvalue weighted by Crippen LogP contribution is 2.24. The van der Waals surface area contributed by atoms with Crippen LogP contribution in [0.2, 0.25) is 0 Å². The molecule has 0 bridgehead atoms. The molecule has 0 aromatic heterocycles. The number of hydrogen-bond acceptors (Lipinski definition) is 1. The van der Waals surface area contributed by atoms with Gasteiger partial charge in [-0.1, -0.05) is 32.9 Å². The molecule has 0 spiro atoms. The first-order valence-corrected chi connectivity index (χ1v) is 9.12. The second-order valence-electron chi connectivity index (χ2n) is 7.74. The van der Waals surface area contributed by atoms with E-state index in [1.54, 1.807) is 0 Å². The molecule has 0 amide bonds. The number of ether oxygens (including phenoxy) is 1. The molecule has 0 atom stereocenters. The summed E-state index contributed by atoms with van der Waals surface area (Å²) >= 11 is 0. The van der Waals surface area contributed by atoms with Crippen LogP contribution in [0.1, 0.15) is 64.9 Å². The van der Waals surface area contributed by atoms with Gasteiger partial charge in [0.2, 0.25) is 0 Å². The maximum absolute atomic E-state index is 5.85. The van der Waals surface area contributed by atoms with Crippen LogP contribution in [-0.4, -0.2) is 26.2 Å². The Balaban J connectivity index is 1.53. The van der Waals surface area contributed by atoms with E-state index < -0.39 is 0 Å². The predicted octanol–water partition coefficient (Wildman–Crippen LogP) is 3.60. The van der Waals surface area contributed by atoms with E-state index in [2.05, 4.69) is 45.0 Å². The molecule has 2 rings (SSSR count). The lowest BCUT2D eigenvalue weighted by Crippen LogP contribution is -3.09. The number of likely N-dealkylation sites (tertiary alicyclic amines) is 1. The van der Waals surface area contributed by atoms with Gasteiger partial charge in [-0.15, -0.1) is 0 Å². The molecule has 0 aliphatic carbocycles. The summed E-state index contributed by atoms with van der Waals surface area (Å²) in [7, 11) is 0. The van der Waals surface area contributed by atoms with Crippen LogP contribution < -0.4 is 9.64 Å². The molecule has 1 fully saturated rings. The van der Waals surface area contributed by atoms with Gasteiger partial charge in [0.1, 0.15) is 5.75 Å². The van der Waals surface area contributed by atoms with Gasteiger partial charge in [0.25, 0.3) is 0 Å². The summed E-state index contributed by atoms with van der Waals surface area (Å²) in [5.74, 6) is 1.01. The molecular formula is C20H34NO+. The molecule has 1 saturated heterocycles. The first kappa shape index (κ1) is 17.3. The quantitative estimate of drug-likeness (QED) is 0.725. The van der Waals surface area contributed by atoms with E-state index in [0.29, 0.717) is 0 Å². The van der Waals surface area contributed by atoms with Crippen molar-refractivity contribution in [2.75, 3.05) is 26.2 Å². The van der Waals surface area contributed by atoms with E-state index in [-0.39, 0.29) is 5.41 Å². The largest absolute Gasteiger partial charge is 0.494 e. The van der Waals surface area contributed by atoms with E-state index >= 15 is 0 Å². The number of unbranched alkanes of at least 4 members (excludes halogenated alkanes) is 3. The smallest absolute Gasteiger partial charge is 0.119 e. The van der Waals surface area contributed by atoms with E-state index in [4.69, 9.17) is 4.74 Å². The van der Waals surface area contributed by atoms with Gasteiger partial charge in [-0.25, -0.2) is 0 Å². The van der Waals surface area contributed by atoms with Crippen LogP contribution >= 0.6 is 0 Å². The van der Waals surface area contributed by atoms with Crippen LogP contribution in [-0.2, 0) is 5.41 Å². The zero-order valence-corrected chi connectivity index (χ0v) is 14.8. The lowest BCUT2D eigenvalue weighted by molar-refractivity contribution is -0.887. The molecule has 2 nitrogen and oxygen atoms in total. The minimum Gasteiger partial charge on any atom is -0.494 e. The number of benzene rings is 1. The van der Waals surface area contributed by atoms with Crippen molar-refractivity contribution in [3.8, 4) is 5.75 Å². The highest BCUT2D eigenvalue weighted by molar-refractivity contribution is 5.31. The van der Waals surface area contributed by atoms with E-state index in [1.807, 2.05) is 4.90 Å². The fraction of sp³-hybridized carbons (Fsp3) is 0.700. The van der Waals surface area contributed by atoms with Crippen LogP contribution in [0.25, 0.3) is 0 Å². The van der Waals surface area contributed by atoms with Crippen LogP contribution in [0.4, 0.5) is 0 Å². The zero-order chi connectivity index (χ0) is 15.8. The second-order valence-corrected chi connectivity index (χ2v) is 7.74. The average Bonchev–Trinajstić information content (AvgIpc) is 2.99. The Labute approximate surface area is 136 Å². The van der Waals surface area contributed by atoms with Gasteiger partial charge in [-0.05, 0) is 48.8 Å². The van der Waals surface area contributed by atoms with Crippen molar-refractivity contribution in [2.45, 2.75) is 64.7 Å². The molecule has 1 aromatic rings. The van der Waals surface area contributed by atoms with Crippen LogP contribution in [0.15, 0.2) is 24.3 Å². The number of nitrogens with one attached hydrogen (secondary N) is 1. The summed E-state index contributed by atoms with van der Waals surface area (Å²) in [6.07, 6.45) is 8.10. The molecule has 1 aromatic carbocycles. The van der Waals surface area contributed by atoms with Gasteiger partial charge in [0.05, 0.1) is 26.2 Å². The van der Waals surface area contributed by atoms with Crippen molar-refractivity contribution in [1.29, 1.82) is 0 Å². The second kappa shape index (κ2) is 8.57. The normalized spacial score (nSPS) is 16.1. The summed E-state index contributed by atoms with van der Waals surface area (Å²) < 4.78 is 5.85. The van der Waals surface area contributed by atoms with Crippen molar-refractivity contribution in [3.05, 3.63) is 29.8 Å². The lowest BCUT2D eigenvalue weighted by atomic mass is 9.87. The highest BCUT2D eigenvalue weighted by Gasteiger charge is 2.14. The van der Waals surface area contributed by atoms with Gasteiger partial charge in [-0.3, -0.25) is 0 Å². The molecular weight excluding hydrogens is 270 g/mol. The van der Waals surface area contributed by atoms with Gasteiger partial charge in [-0.2, -0.15) is 0 Å². The molecule has 22 heavy (non-hydrogen) atoms. The summed E-state index contributed by atoms with van der Waals surface area (Å²) in [6, 6.07) is 8.59. The molecule has 0 radical (unpaired) electrons. The van der Waals surface area contributed by atoms with E-state index in [0.717, 1.165) is 12.4 Å².